The molecule has 1 saturated carbocycles. The average Bonchev–Trinajstić information content (AvgIpc) is 2.56. The predicted octanol–water partition coefficient (Wildman–Crippen LogP) is 1.87. The topological polar surface area (TPSA) is 108 Å². The van der Waals surface area contributed by atoms with Crippen LogP contribution in [0.5, 0.6) is 0 Å². The fraction of sp³-hybridized carbons (Fsp3) is 0.571. The lowest BCUT2D eigenvalue weighted by atomic mass is 9.93. The van der Waals surface area contributed by atoms with E-state index in [-0.39, 0.29) is 17.4 Å². The number of hydrogen-bond donors (Lipinski definition) is 4. The number of nitrogens with zero attached hydrogens (tertiary/aromatic N) is 4. The van der Waals surface area contributed by atoms with E-state index in [9.17, 15) is 5.11 Å². The minimum absolute atomic E-state index is 0.0443. The molecule has 0 radical (unpaired) electrons. The van der Waals surface area contributed by atoms with Crippen LogP contribution < -0.4 is 16.0 Å². The summed E-state index contributed by atoms with van der Waals surface area (Å²) in [4.78, 5) is 17.3. The van der Waals surface area contributed by atoms with Crippen LogP contribution in [0.3, 0.4) is 0 Å². The van der Waals surface area contributed by atoms with Crippen molar-refractivity contribution in [2.75, 3.05) is 30.0 Å². The molecule has 0 unspecified atom stereocenters. The summed E-state index contributed by atoms with van der Waals surface area (Å²) in [7, 11) is 3.51. The molecule has 1 aliphatic carbocycles. The first-order chi connectivity index (χ1) is 11.1. The maximum Gasteiger partial charge on any atom is 0.225 e. The molecule has 3 rings (SSSR count). The lowest BCUT2D eigenvalue weighted by molar-refractivity contribution is 0.116. The zero-order valence-corrected chi connectivity index (χ0v) is 13.9. The molecule has 0 spiro atoms. The Morgan fingerprint density at radius 1 is 0.957 bits per heavy atom. The quantitative estimate of drug-likeness (QED) is 0.626. The van der Waals surface area contributed by atoms with Crippen molar-refractivity contribution in [1.29, 1.82) is 0 Å². The van der Waals surface area contributed by atoms with Gasteiger partial charge in [-0.05, 0) is 24.4 Å². The number of aliphatic hydroxyl groups is 1. The van der Waals surface area contributed by atoms with Crippen LogP contribution in [0.15, 0.2) is 0 Å². The molecule has 2 aromatic rings. The van der Waals surface area contributed by atoms with Crippen molar-refractivity contribution >= 4 is 40.2 Å². The molecule has 0 saturated heterocycles. The smallest absolute Gasteiger partial charge is 0.225 e. The third-order valence-electron chi connectivity index (χ3n) is 4.03. The van der Waals surface area contributed by atoms with Crippen molar-refractivity contribution in [3.05, 3.63) is 5.28 Å². The normalized spacial score (nSPS) is 21.2. The Hall–Kier alpha value is -1.93. The summed E-state index contributed by atoms with van der Waals surface area (Å²) in [5.74, 6) is 1.53. The Bertz CT molecular complexity index is 711. The van der Waals surface area contributed by atoms with Crippen molar-refractivity contribution in [3.63, 3.8) is 0 Å². The fourth-order valence-electron chi connectivity index (χ4n) is 2.85. The van der Waals surface area contributed by atoms with E-state index in [4.69, 9.17) is 11.6 Å². The summed E-state index contributed by atoms with van der Waals surface area (Å²) >= 11 is 5.95. The Kier molecular flexibility index (Phi) is 4.63. The SMILES string of the molecule is CNc1nc(N[C@@H]2CCCC[C@@H]2O)nc2c(NC)nc(Cl)nc12. The van der Waals surface area contributed by atoms with Gasteiger partial charge in [0.15, 0.2) is 11.6 Å². The molecule has 0 amide bonds. The molecule has 2 heterocycles. The Morgan fingerprint density at radius 2 is 1.61 bits per heavy atom. The standard InChI is InChI=1S/C14H20ClN7O/c1-16-11-10-9(19-13(15)21-11)12(17-2)22-14(20-10)18-7-5-3-4-6-8(7)23/h7-8,23H,3-6H2,1-2H3,(H,16,19,21)(H2,17,18,20,22)/t7-,8+/m1/s1. The number of anilines is 3. The molecule has 23 heavy (non-hydrogen) atoms. The average molecular weight is 338 g/mol. The molecule has 1 fully saturated rings. The van der Waals surface area contributed by atoms with Crippen LogP contribution in [0.2, 0.25) is 5.28 Å². The summed E-state index contributed by atoms with van der Waals surface area (Å²) < 4.78 is 0. The van der Waals surface area contributed by atoms with Crippen LogP contribution in [0, 0.1) is 0 Å². The highest BCUT2D eigenvalue weighted by Gasteiger charge is 2.24. The van der Waals surface area contributed by atoms with Gasteiger partial charge in [-0.25, -0.2) is 9.97 Å². The molecule has 2 aromatic heterocycles. The first-order valence-corrected chi connectivity index (χ1v) is 8.05. The summed E-state index contributed by atoms with van der Waals surface area (Å²) in [6, 6.07) is -0.0443. The van der Waals surface area contributed by atoms with Gasteiger partial charge in [-0.3, -0.25) is 0 Å². The summed E-state index contributed by atoms with van der Waals surface area (Å²) in [5.41, 5.74) is 1.12. The fourth-order valence-corrected chi connectivity index (χ4v) is 3.02. The predicted molar refractivity (Wildman–Crippen MR) is 91.1 cm³/mol. The van der Waals surface area contributed by atoms with Crippen LogP contribution in [0.1, 0.15) is 25.7 Å². The molecule has 0 bridgehead atoms. The molecule has 0 aromatic carbocycles. The molecule has 4 N–H and O–H groups in total. The Labute approximate surface area is 139 Å². The van der Waals surface area contributed by atoms with Gasteiger partial charge in [0.05, 0.1) is 12.1 Å². The van der Waals surface area contributed by atoms with Gasteiger partial charge < -0.3 is 21.1 Å². The van der Waals surface area contributed by atoms with Crippen molar-refractivity contribution < 1.29 is 5.11 Å². The number of nitrogens with one attached hydrogen (secondary N) is 3. The first-order valence-electron chi connectivity index (χ1n) is 7.67. The second-order valence-corrected chi connectivity index (χ2v) is 5.87. The highest BCUT2D eigenvalue weighted by Crippen LogP contribution is 2.27. The van der Waals surface area contributed by atoms with Crippen LogP contribution in [-0.2, 0) is 0 Å². The van der Waals surface area contributed by atoms with E-state index in [0.29, 0.717) is 28.6 Å². The monoisotopic (exact) mass is 337 g/mol. The lowest BCUT2D eigenvalue weighted by Crippen LogP contribution is -2.36. The van der Waals surface area contributed by atoms with E-state index in [2.05, 4.69) is 35.9 Å². The third kappa shape index (κ3) is 3.23. The summed E-state index contributed by atoms with van der Waals surface area (Å²) in [6.07, 6.45) is 3.45. The van der Waals surface area contributed by atoms with Gasteiger partial charge in [0, 0.05) is 14.1 Å². The second-order valence-electron chi connectivity index (χ2n) is 5.54. The minimum atomic E-state index is -0.383. The molecule has 124 valence electrons. The third-order valence-corrected chi connectivity index (χ3v) is 4.20. The van der Waals surface area contributed by atoms with E-state index >= 15 is 0 Å². The van der Waals surface area contributed by atoms with Crippen molar-refractivity contribution in [2.24, 2.45) is 0 Å². The molecular formula is C14H20ClN7O. The largest absolute Gasteiger partial charge is 0.391 e. The van der Waals surface area contributed by atoms with Crippen molar-refractivity contribution in [1.82, 2.24) is 19.9 Å². The van der Waals surface area contributed by atoms with Crippen molar-refractivity contribution in [2.45, 2.75) is 37.8 Å². The van der Waals surface area contributed by atoms with E-state index in [0.717, 1.165) is 25.7 Å². The van der Waals surface area contributed by atoms with Gasteiger partial charge in [-0.1, -0.05) is 12.8 Å². The lowest BCUT2D eigenvalue weighted by Gasteiger charge is -2.28. The van der Waals surface area contributed by atoms with E-state index in [1.165, 1.54) is 0 Å². The molecule has 0 aliphatic heterocycles. The molecule has 2 atom stereocenters. The maximum atomic E-state index is 10.1. The van der Waals surface area contributed by atoms with E-state index in [1.807, 2.05) is 0 Å². The van der Waals surface area contributed by atoms with E-state index < -0.39 is 0 Å². The second kappa shape index (κ2) is 6.67. The summed E-state index contributed by atoms with van der Waals surface area (Å²) in [6.45, 7) is 0. The number of aromatic nitrogens is 4. The Morgan fingerprint density at radius 3 is 2.30 bits per heavy atom. The van der Waals surface area contributed by atoms with Crippen LogP contribution in [0.25, 0.3) is 11.0 Å². The summed E-state index contributed by atoms with van der Waals surface area (Å²) in [5, 5.41) is 19.5. The van der Waals surface area contributed by atoms with Crippen LogP contribution >= 0.6 is 11.6 Å². The van der Waals surface area contributed by atoms with Gasteiger partial charge in [-0.2, -0.15) is 9.97 Å². The number of halogens is 1. The molecular weight excluding hydrogens is 318 g/mol. The minimum Gasteiger partial charge on any atom is -0.391 e. The molecule has 9 heteroatoms. The highest BCUT2D eigenvalue weighted by molar-refractivity contribution is 6.29. The van der Waals surface area contributed by atoms with E-state index in [1.54, 1.807) is 14.1 Å². The van der Waals surface area contributed by atoms with Crippen molar-refractivity contribution in [3.8, 4) is 0 Å². The molecule has 1 aliphatic rings. The molecule has 8 nitrogen and oxygen atoms in total. The zero-order valence-electron chi connectivity index (χ0n) is 13.1. The Balaban J connectivity index is 2.02. The van der Waals surface area contributed by atoms with Gasteiger partial charge in [0.2, 0.25) is 11.2 Å². The number of rotatable bonds is 4. The van der Waals surface area contributed by atoms with Gasteiger partial charge in [0.1, 0.15) is 11.0 Å². The zero-order chi connectivity index (χ0) is 16.4. The van der Waals surface area contributed by atoms with Gasteiger partial charge in [0.25, 0.3) is 0 Å². The van der Waals surface area contributed by atoms with Gasteiger partial charge in [-0.15, -0.1) is 0 Å². The van der Waals surface area contributed by atoms with Crippen LogP contribution in [-0.4, -0.2) is 51.3 Å². The maximum absolute atomic E-state index is 10.1. The number of hydrogen-bond acceptors (Lipinski definition) is 8. The number of fused-ring (bicyclic) bond motifs is 1. The highest BCUT2D eigenvalue weighted by atomic mass is 35.5. The van der Waals surface area contributed by atoms with Crippen LogP contribution in [0.4, 0.5) is 17.6 Å². The van der Waals surface area contributed by atoms with Gasteiger partial charge >= 0.3 is 0 Å². The first kappa shape index (κ1) is 15.9. The number of aliphatic hydroxyl groups excluding tert-OH is 1.